The standard InChI is InChI=1S/C19H13N7O2/c27-18-15-10-23-26(17(15)20-11-21-18)13-6-4-12(5-7-13)24-19(28)14-9-22-25-8-2-1-3-16(14)25/h1-11H,(H,24,28)(H,20,21,27). The molecule has 9 heteroatoms. The predicted molar refractivity (Wildman–Crippen MR) is 103 cm³/mol. The van der Waals surface area contributed by atoms with Crippen molar-refractivity contribution in [3.8, 4) is 5.69 Å². The molecule has 0 unspecified atom stereocenters. The van der Waals surface area contributed by atoms with E-state index < -0.39 is 0 Å². The van der Waals surface area contributed by atoms with Crippen molar-refractivity contribution in [1.29, 1.82) is 0 Å². The summed E-state index contributed by atoms with van der Waals surface area (Å²) >= 11 is 0. The summed E-state index contributed by atoms with van der Waals surface area (Å²) in [4.78, 5) is 31.1. The van der Waals surface area contributed by atoms with Crippen LogP contribution in [0.5, 0.6) is 0 Å². The van der Waals surface area contributed by atoms with E-state index in [9.17, 15) is 9.59 Å². The van der Waals surface area contributed by atoms with Gasteiger partial charge in [-0.1, -0.05) is 6.07 Å². The number of carbonyl (C=O) groups excluding carboxylic acids is 1. The molecule has 0 radical (unpaired) electrons. The lowest BCUT2D eigenvalue weighted by molar-refractivity contribution is 0.102. The number of hydrogen-bond donors (Lipinski definition) is 2. The second kappa shape index (κ2) is 6.16. The number of fused-ring (bicyclic) bond motifs is 2. The van der Waals surface area contributed by atoms with E-state index in [1.54, 1.807) is 39.7 Å². The maximum atomic E-state index is 12.6. The number of amides is 1. The highest BCUT2D eigenvalue weighted by Gasteiger charge is 2.13. The Labute approximate surface area is 157 Å². The third kappa shape index (κ3) is 2.53. The van der Waals surface area contributed by atoms with Crippen LogP contribution < -0.4 is 10.9 Å². The molecule has 9 nitrogen and oxygen atoms in total. The van der Waals surface area contributed by atoms with Crippen LogP contribution in [0.3, 0.4) is 0 Å². The predicted octanol–water partition coefficient (Wildman–Crippen LogP) is 2.01. The van der Waals surface area contributed by atoms with E-state index in [4.69, 9.17) is 0 Å². The molecule has 0 bridgehead atoms. The molecule has 0 saturated carbocycles. The maximum absolute atomic E-state index is 12.6. The maximum Gasteiger partial charge on any atom is 0.261 e. The molecule has 0 aliphatic heterocycles. The number of hydrogen-bond acceptors (Lipinski definition) is 5. The van der Waals surface area contributed by atoms with Crippen molar-refractivity contribution in [2.24, 2.45) is 0 Å². The summed E-state index contributed by atoms with van der Waals surface area (Å²) in [6.07, 6.45) is 6.14. The number of benzene rings is 1. The van der Waals surface area contributed by atoms with Crippen molar-refractivity contribution in [3.05, 3.63) is 83.3 Å². The van der Waals surface area contributed by atoms with Gasteiger partial charge in [0, 0.05) is 11.9 Å². The van der Waals surface area contributed by atoms with Gasteiger partial charge in [0.15, 0.2) is 5.65 Å². The van der Waals surface area contributed by atoms with Crippen molar-refractivity contribution in [2.45, 2.75) is 0 Å². The second-order valence-corrected chi connectivity index (χ2v) is 6.12. The zero-order valence-electron chi connectivity index (χ0n) is 14.4. The minimum absolute atomic E-state index is 0.242. The number of pyridine rings is 1. The van der Waals surface area contributed by atoms with Crippen LogP contribution in [0.15, 0.2) is 72.2 Å². The summed E-state index contributed by atoms with van der Waals surface area (Å²) in [7, 11) is 0. The van der Waals surface area contributed by atoms with E-state index in [2.05, 4.69) is 25.5 Å². The molecule has 0 fully saturated rings. The largest absolute Gasteiger partial charge is 0.322 e. The van der Waals surface area contributed by atoms with Gasteiger partial charge in [-0.25, -0.2) is 14.2 Å². The Morgan fingerprint density at radius 3 is 2.75 bits per heavy atom. The number of rotatable bonds is 3. The van der Waals surface area contributed by atoms with Crippen LogP contribution >= 0.6 is 0 Å². The lowest BCUT2D eigenvalue weighted by atomic mass is 10.2. The highest BCUT2D eigenvalue weighted by molar-refractivity contribution is 6.08. The Morgan fingerprint density at radius 1 is 1.04 bits per heavy atom. The quantitative estimate of drug-likeness (QED) is 0.504. The number of aromatic nitrogens is 6. The number of carbonyl (C=O) groups is 1. The molecule has 28 heavy (non-hydrogen) atoms. The molecule has 2 N–H and O–H groups in total. The van der Waals surface area contributed by atoms with E-state index in [1.165, 1.54) is 18.7 Å². The van der Waals surface area contributed by atoms with E-state index in [1.807, 2.05) is 18.2 Å². The molecule has 0 aliphatic rings. The van der Waals surface area contributed by atoms with Gasteiger partial charge >= 0.3 is 0 Å². The lowest BCUT2D eigenvalue weighted by Crippen LogP contribution is -2.11. The number of nitrogens with zero attached hydrogens (tertiary/aromatic N) is 5. The summed E-state index contributed by atoms with van der Waals surface area (Å²) in [5.74, 6) is -0.244. The Morgan fingerprint density at radius 2 is 1.89 bits per heavy atom. The molecule has 5 rings (SSSR count). The Kier molecular flexibility index (Phi) is 3.51. The molecular weight excluding hydrogens is 358 g/mol. The van der Waals surface area contributed by atoms with Gasteiger partial charge in [-0.3, -0.25) is 9.59 Å². The summed E-state index contributed by atoms with van der Waals surface area (Å²) in [6, 6.07) is 12.7. The van der Waals surface area contributed by atoms with Gasteiger partial charge in [0.25, 0.3) is 11.5 Å². The van der Waals surface area contributed by atoms with Crippen molar-refractivity contribution < 1.29 is 4.79 Å². The van der Waals surface area contributed by atoms with Gasteiger partial charge in [0.2, 0.25) is 0 Å². The molecule has 1 aromatic carbocycles. The summed E-state index contributed by atoms with van der Waals surface area (Å²) in [6.45, 7) is 0. The first-order valence-corrected chi connectivity index (χ1v) is 8.46. The zero-order valence-corrected chi connectivity index (χ0v) is 14.4. The third-order valence-electron chi connectivity index (χ3n) is 4.41. The Bertz CT molecular complexity index is 1380. The molecule has 5 aromatic rings. The number of anilines is 1. The number of aromatic amines is 1. The Hall–Kier alpha value is -4.27. The van der Waals surface area contributed by atoms with Gasteiger partial charge in [-0.2, -0.15) is 10.2 Å². The first-order valence-electron chi connectivity index (χ1n) is 8.46. The minimum atomic E-state index is -0.244. The second-order valence-electron chi connectivity index (χ2n) is 6.12. The third-order valence-corrected chi connectivity index (χ3v) is 4.41. The highest BCUT2D eigenvalue weighted by Crippen LogP contribution is 2.18. The average Bonchev–Trinajstić information content (AvgIpc) is 3.34. The van der Waals surface area contributed by atoms with Gasteiger partial charge < -0.3 is 10.3 Å². The van der Waals surface area contributed by atoms with Gasteiger partial charge in [-0.05, 0) is 36.4 Å². The first kappa shape index (κ1) is 15.9. The van der Waals surface area contributed by atoms with Crippen molar-refractivity contribution in [1.82, 2.24) is 29.4 Å². The molecule has 4 aromatic heterocycles. The smallest absolute Gasteiger partial charge is 0.261 e. The molecule has 0 saturated heterocycles. The fraction of sp³-hybridized carbons (Fsp3) is 0. The average molecular weight is 371 g/mol. The molecule has 0 spiro atoms. The van der Waals surface area contributed by atoms with Crippen LogP contribution in [0.1, 0.15) is 10.4 Å². The molecule has 1 amide bonds. The molecule has 0 atom stereocenters. The molecular formula is C19H13N7O2. The fourth-order valence-corrected chi connectivity index (χ4v) is 3.04. The normalized spacial score (nSPS) is 11.1. The summed E-state index contributed by atoms with van der Waals surface area (Å²) in [5, 5.41) is 11.7. The fourth-order valence-electron chi connectivity index (χ4n) is 3.04. The first-order chi connectivity index (χ1) is 13.7. The van der Waals surface area contributed by atoms with E-state index in [0.717, 1.165) is 11.2 Å². The Balaban J connectivity index is 1.43. The van der Waals surface area contributed by atoms with Gasteiger partial charge in [0.05, 0.1) is 35.5 Å². The minimum Gasteiger partial charge on any atom is -0.322 e. The van der Waals surface area contributed by atoms with Crippen molar-refractivity contribution in [3.63, 3.8) is 0 Å². The zero-order chi connectivity index (χ0) is 19.1. The monoisotopic (exact) mass is 371 g/mol. The SMILES string of the molecule is O=C(Nc1ccc(-n2ncc3c(=O)[nH]cnc32)cc1)c1cnn2ccccc12. The highest BCUT2D eigenvalue weighted by atomic mass is 16.1. The van der Waals surface area contributed by atoms with Crippen LogP contribution in [-0.4, -0.2) is 35.3 Å². The van der Waals surface area contributed by atoms with Crippen LogP contribution in [0.4, 0.5) is 5.69 Å². The van der Waals surface area contributed by atoms with Crippen LogP contribution in [0.25, 0.3) is 22.2 Å². The number of H-pyrrole nitrogens is 1. The topological polar surface area (TPSA) is 110 Å². The van der Waals surface area contributed by atoms with Crippen LogP contribution in [-0.2, 0) is 0 Å². The summed E-state index contributed by atoms with van der Waals surface area (Å²) < 4.78 is 3.22. The van der Waals surface area contributed by atoms with Gasteiger partial charge in [0.1, 0.15) is 5.39 Å². The van der Waals surface area contributed by atoms with E-state index >= 15 is 0 Å². The van der Waals surface area contributed by atoms with Crippen molar-refractivity contribution >= 4 is 28.1 Å². The lowest BCUT2D eigenvalue weighted by Gasteiger charge is -2.07. The molecule has 136 valence electrons. The molecule has 0 aliphatic carbocycles. The van der Waals surface area contributed by atoms with Crippen molar-refractivity contribution in [2.75, 3.05) is 5.32 Å². The van der Waals surface area contributed by atoms with Crippen LogP contribution in [0, 0.1) is 0 Å². The van der Waals surface area contributed by atoms with Crippen LogP contribution in [0.2, 0.25) is 0 Å². The number of nitrogens with one attached hydrogen (secondary N) is 2. The van der Waals surface area contributed by atoms with E-state index in [-0.39, 0.29) is 11.5 Å². The van der Waals surface area contributed by atoms with Gasteiger partial charge in [-0.15, -0.1) is 0 Å². The van der Waals surface area contributed by atoms with E-state index in [0.29, 0.717) is 22.3 Å². The molecule has 4 heterocycles. The summed E-state index contributed by atoms with van der Waals surface area (Å²) in [5.41, 5.74) is 2.80.